The molecule has 4 heteroatoms. The summed E-state index contributed by atoms with van der Waals surface area (Å²) < 4.78 is 0. The molecule has 1 heterocycles. The molecule has 0 spiro atoms. The zero-order valence-corrected chi connectivity index (χ0v) is 12.2. The minimum Gasteiger partial charge on any atom is -0.481 e. The van der Waals surface area contributed by atoms with Gasteiger partial charge in [0.2, 0.25) is 0 Å². The molecule has 1 aliphatic rings. The highest BCUT2D eigenvalue weighted by Gasteiger charge is 2.15. The van der Waals surface area contributed by atoms with Crippen molar-refractivity contribution in [2.24, 2.45) is 0 Å². The van der Waals surface area contributed by atoms with Crippen LogP contribution in [0.15, 0.2) is 24.3 Å². The Bertz CT molecular complexity index is 423. The molecule has 0 atom stereocenters. The van der Waals surface area contributed by atoms with E-state index in [2.05, 4.69) is 28.9 Å². The predicted octanol–water partition coefficient (Wildman–Crippen LogP) is 1.84. The van der Waals surface area contributed by atoms with E-state index in [-0.39, 0.29) is 6.42 Å². The van der Waals surface area contributed by atoms with Crippen molar-refractivity contribution >= 4 is 5.97 Å². The maximum absolute atomic E-state index is 10.6. The van der Waals surface area contributed by atoms with Gasteiger partial charge in [-0.05, 0) is 24.1 Å². The number of rotatable bonds is 6. The van der Waals surface area contributed by atoms with Crippen molar-refractivity contribution in [3.63, 3.8) is 0 Å². The number of nitrogens with zero attached hydrogens (tertiary/aromatic N) is 2. The highest BCUT2D eigenvalue weighted by atomic mass is 16.4. The van der Waals surface area contributed by atoms with Gasteiger partial charge in [0, 0.05) is 32.7 Å². The third-order valence-corrected chi connectivity index (χ3v) is 3.79. The van der Waals surface area contributed by atoms with Crippen LogP contribution in [-0.2, 0) is 17.8 Å². The van der Waals surface area contributed by atoms with Gasteiger partial charge >= 0.3 is 5.97 Å². The molecular weight excluding hydrogens is 252 g/mol. The summed E-state index contributed by atoms with van der Waals surface area (Å²) >= 11 is 0. The standard InChI is InChI=1S/C16H24N2O2/c1-2-7-17-8-10-18(11-9-17)13-15-5-3-14(4-6-15)12-16(19)20/h3-6H,2,7-13H2,1H3,(H,19,20). The van der Waals surface area contributed by atoms with Crippen LogP contribution in [0.5, 0.6) is 0 Å². The van der Waals surface area contributed by atoms with Gasteiger partial charge in [0.1, 0.15) is 0 Å². The van der Waals surface area contributed by atoms with Crippen molar-refractivity contribution in [3.05, 3.63) is 35.4 Å². The maximum Gasteiger partial charge on any atom is 0.307 e. The molecule has 0 radical (unpaired) electrons. The monoisotopic (exact) mass is 276 g/mol. The molecule has 0 unspecified atom stereocenters. The zero-order valence-electron chi connectivity index (χ0n) is 12.2. The number of piperazine rings is 1. The third-order valence-electron chi connectivity index (χ3n) is 3.79. The Balaban J connectivity index is 1.80. The first kappa shape index (κ1) is 15.0. The van der Waals surface area contributed by atoms with Crippen molar-refractivity contribution in [2.45, 2.75) is 26.3 Å². The summed E-state index contributed by atoms with van der Waals surface area (Å²) in [4.78, 5) is 15.6. The SMILES string of the molecule is CCCN1CCN(Cc2ccc(CC(=O)O)cc2)CC1. The van der Waals surface area contributed by atoms with Gasteiger partial charge in [0.25, 0.3) is 0 Å². The van der Waals surface area contributed by atoms with Crippen LogP contribution in [0.4, 0.5) is 0 Å². The fourth-order valence-corrected chi connectivity index (χ4v) is 2.68. The second-order valence-corrected chi connectivity index (χ2v) is 5.50. The molecular formula is C16H24N2O2. The summed E-state index contributed by atoms with van der Waals surface area (Å²) in [6, 6.07) is 7.96. The van der Waals surface area contributed by atoms with Crippen LogP contribution in [0.1, 0.15) is 24.5 Å². The molecule has 1 N–H and O–H groups in total. The summed E-state index contributed by atoms with van der Waals surface area (Å²) in [5.41, 5.74) is 2.14. The molecule has 1 aromatic carbocycles. The molecule has 1 saturated heterocycles. The van der Waals surface area contributed by atoms with E-state index in [1.165, 1.54) is 18.5 Å². The van der Waals surface area contributed by atoms with Crippen LogP contribution in [-0.4, -0.2) is 53.6 Å². The number of carboxylic acids is 1. The van der Waals surface area contributed by atoms with Crippen molar-refractivity contribution in [1.29, 1.82) is 0 Å². The van der Waals surface area contributed by atoms with Gasteiger partial charge in [-0.1, -0.05) is 31.2 Å². The van der Waals surface area contributed by atoms with Crippen LogP contribution in [0.25, 0.3) is 0 Å². The molecule has 1 aliphatic heterocycles. The normalized spacial score (nSPS) is 17.2. The molecule has 0 saturated carbocycles. The Labute approximate surface area is 121 Å². The third kappa shape index (κ3) is 4.62. The van der Waals surface area contributed by atoms with Gasteiger partial charge in [0.15, 0.2) is 0 Å². The highest BCUT2D eigenvalue weighted by Crippen LogP contribution is 2.11. The van der Waals surface area contributed by atoms with Gasteiger partial charge in [-0.3, -0.25) is 9.69 Å². The first-order valence-electron chi connectivity index (χ1n) is 7.41. The number of aliphatic carboxylic acids is 1. The Hall–Kier alpha value is -1.39. The van der Waals surface area contributed by atoms with E-state index < -0.39 is 5.97 Å². The first-order valence-corrected chi connectivity index (χ1v) is 7.41. The summed E-state index contributed by atoms with van der Waals surface area (Å²) in [6.07, 6.45) is 1.33. The lowest BCUT2D eigenvalue weighted by atomic mass is 10.1. The fourth-order valence-electron chi connectivity index (χ4n) is 2.68. The fraction of sp³-hybridized carbons (Fsp3) is 0.562. The summed E-state index contributed by atoms with van der Waals surface area (Å²) in [5.74, 6) is -0.773. The van der Waals surface area contributed by atoms with Gasteiger partial charge in [-0.2, -0.15) is 0 Å². The van der Waals surface area contributed by atoms with E-state index in [9.17, 15) is 4.79 Å². The van der Waals surface area contributed by atoms with Crippen molar-refractivity contribution < 1.29 is 9.90 Å². The number of hydrogen-bond donors (Lipinski definition) is 1. The largest absolute Gasteiger partial charge is 0.481 e. The van der Waals surface area contributed by atoms with E-state index in [1.54, 1.807) is 0 Å². The lowest BCUT2D eigenvalue weighted by molar-refractivity contribution is -0.136. The van der Waals surface area contributed by atoms with Crippen LogP contribution >= 0.6 is 0 Å². The lowest BCUT2D eigenvalue weighted by Gasteiger charge is -2.34. The van der Waals surface area contributed by atoms with Crippen molar-refractivity contribution in [2.75, 3.05) is 32.7 Å². The van der Waals surface area contributed by atoms with Gasteiger partial charge in [-0.15, -0.1) is 0 Å². The van der Waals surface area contributed by atoms with E-state index in [4.69, 9.17) is 5.11 Å². The molecule has 0 aromatic heterocycles. The molecule has 4 nitrogen and oxygen atoms in total. The minimum absolute atomic E-state index is 0.107. The molecule has 2 rings (SSSR count). The predicted molar refractivity (Wildman–Crippen MR) is 79.8 cm³/mol. The second-order valence-electron chi connectivity index (χ2n) is 5.50. The Morgan fingerprint density at radius 2 is 1.60 bits per heavy atom. The molecule has 110 valence electrons. The molecule has 20 heavy (non-hydrogen) atoms. The average molecular weight is 276 g/mol. The molecule has 1 aromatic rings. The number of benzene rings is 1. The summed E-state index contributed by atoms with van der Waals surface area (Å²) in [5, 5.41) is 8.75. The van der Waals surface area contributed by atoms with Crippen molar-refractivity contribution in [1.82, 2.24) is 9.80 Å². The smallest absolute Gasteiger partial charge is 0.307 e. The van der Waals surface area contributed by atoms with Crippen LogP contribution in [0, 0.1) is 0 Å². The molecule has 0 amide bonds. The Morgan fingerprint density at radius 3 is 2.15 bits per heavy atom. The lowest BCUT2D eigenvalue weighted by Crippen LogP contribution is -2.45. The number of hydrogen-bond acceptors (Lipinski definition) is 3. The minimum atomic E-state index is -0.773. The first-order chi connectivity index (χ1) is 9.67. The maximum atomic E-state index is 10.6. The van der Waals surface area contributed by atoms with Crippen molar-refractivity contribution in [3.8, 4) is 0 Å². The number of carboxylic acid groups (broad SMARTS) is 1. The Kier molecular flexibility index (Phi) is 5.56. The molecule has 1 fully saturated rings. The topological polar surface area (TPSA) is 43.8 Å². The Morgan fingerprint density at radius 1 is 1.05 bits per heavy atom. The molecule has 0 bridgehead atoms. The van der Waals surface area contributed by atoms with E-state index >= 15 is 0 Å². The average Bonchev–Trinajstić information content (AvgIpc) is 2.43. The summed E-state index contributed by atoms with van der Waals surface area (Å²) in [6.45, 7) is 8.96. The van der Waals surface area contributed by atoms with E-state index in [0.29, 0.717) is 0 Å². The molecule has 0 aliphatic carbocycles. The van der Waals surface area contributed by atoms with Gasteiger partial charge < -0.3 is 10.0 Å². The zero-order chi connectivity index (χ0) is 14.4. The summed E-state index contributed by atoms with van der Waals surface area (Å²) in [7, 11) is 0. The van der Waals surface area contributed by atoms with E-state index in [0.717, 1.165) is 38.3 Å². The van der Waals surface area contributed by atoms with Crippen LogP contribution in [0.2, 0.25) is 0 Å². The van der Waals surface area contributed by atoms with Crippen LogP contribution in [0.3, 0.4) is 0 Å². The second kappa shape index (κ2) is 7.41. The van der Waals surface area contributed by atoms with Gasteiger partial charge in [-0.25, -0.2) is 0 Å². The van der Waals surface area contributed by atoms with Gasteiger partial charge in [0.05, 0.1) is 6.42 Å². The van der Waals surface area contributed by atoms with E-state index in [1.807, 2.05) is 12.1 Å². The van der Waals surface area contributed by atoms with Crippen LogP contribution < -0.4 is 0 Å². The number of carbonyl (C=O) groups is 1. The quantitative estimate of drug-likeness (QED) is 0.861. The highest BCUT2D eigenvalue weighted by molar-refractivity contribution is 5.70.